The second-order valence-electron chi connectivity index (χ2n) is 3.59. The van der Waals surface area contributed by atoms with Crippen LogP contribution in [0.25, 0.3) is 0 Å². The van der Waals surface area contributed by atoms with Crippen molar-refractivity contribution in [2.24, 2.45) is 0 Å². The van der Waals surface area contributed by atoms with E-state index in [2.05, 4.69) is 15.5 Å². The molecule has 0 bridgehead atoms. The molecule has 6 nitrogen and oxygen atoms in total. The molecule has 6 heteroatoms. The summed E-state index contributed by atoms with van der Waals surface area (Å²) >= 11 is 0. The number of H-pyrrole nitrogens is 1. The van der Waals surface area contributed by atoms with Crippen LogP contribution < -0.4 is 11.1 Å². The normalized spacial score (nSPS) is 10.3. The Balaban J connectivity index is 2.14. The number of aromatic amines is 1. The second kappa shape index (κ2) is 6.84. The number of carbonyl (C=O) groups is 1. The highest BCUT2D eigenvalue weighted by atomic mass is 16.2. The predicted octanol–water partition coefficient (Wildman–Crippen LogP) is 0.274. The van der Waals surface area contributed by atoms with E-state index in [0.29, 0.717) is 17.9 Å². The van der Waals surface area contributed by atoms with Crippen LogP contribution in [-0.4, -0.2) is 34.4 Å². The van der Waals surface area contributed by atoms with Crippen LogP contribution in [0.5, 0.6) is 0 Å². The van der Waals surface area contributed by atoms with E-state index in [1.807, 2.05) is 0 Å². The molecule has 0 spiro atoms. The largest absolute Gasteiger partial charge is 0.396 e. The molecule has 0 saturated heterocycles. The summed E-state index contributed by atoms with van der Waals surface area (Å²) in [5.74, 6) is -0.225. The van der Waals surface area contributed by atoms with Gasteiger partial charge in [0.15, 0.2) is 0 Å². The van der Waals surface area contributed by atoms with Crippen LogP contribution in [0.4, 0.5) is 5.69 Å². The molecule has 0 aliphatic carbocycles. The molecule has 0 unspecified atom stereocenters. The van der Waals surface area contributed by atoms with E-state index in [1.54, 1.807) is 0 Å². The summed E-state index contributed by atoms with van der Waals surface area (Å²) < 4.78 is 0. The molecule has 1 aromatic heterocycles. The van der Waals surface area contributed by atoms with Gasteiger partial charge in [-0.05, 0) is 12.8 Å². The fraction of sp³-hybridized carbons (Fsp3) is 0.600. The number of nitrogens with two attached hydrogens (primary N) is 1. The van der Waals surface area contributed by atoms with Crippen molar-refractivity contribution in [1.29, 1.82) is 0 Å². The Bertz CT molecular complexity index is 324. The van der Waals surface area contributed by atoms with Crippen molar-refractivity contribution in [3.8, 4) is 0 Å². The smallest absolute Gasteiger partial charge is 0.271 e. The Morgan fingerprint density at radius 1 is 1.44 bits per heavy atom. The first kappa shape index (κ1) is 12.5. The quantitative estimate of drug-likeness (QED) is 0.501. The minimum absolute atomic E-state index is 0.225. The van der Waals surface area contributed by atoms with Crippen LogP contribution >= 0.6 is 0 Å². The lowest BCUT2D eigenvalue weighted by Crippen LogP contribution is -2.25. The van der Waals surface area contributed by atoms with Crippen LogP contribution in [-0.2, 0) is 0 Å². The third kappa shape index (κ3) is 3.90. The zero-order valence-electron chi connectivity index (χ0n) is 9.20. The number of aliphatic hydroxyl groups excluding tert-OH is 1. The molecule has 16 heavy (non-hydrogen) atoms. The number of nitrogen functional groups attached to an aromatic ring is 1. The van der Waals surface area contributed by atoms with E-state index < -0.39 is 0 Å². The summed E-state index contributed by atoms with van der Waals surface area (Å²) in [7, 11) is 0. The lowest BCUT2D eigenvalue weighted by atomic mass is 10.2. The highest BCUT2D eigenvalue weighted by Crippen LogP contribution is 2.05. The number of amides is 1. The third-order valence-corrected chi connectivity index (χ3v) is 2.27. The SMILES string of the molecule is Nc1cn[nH]c1C(=O)NCCCCCCO. The molecule has 1 amide bonds. The van der Waals surface area contributed by atoms with Gasteiger partial charge in [-0.1, -0.05) is 12.8 Å². The van der Waals surface area contributed by atoms with E-state index in [1.165, 1.54) is 6.20 Å². The van der Waals surface area contributed by atoms with Gasteiger partial charge in [-0.15, -0.1) is 0 Å². The Morgan fingerprint density at radius 2 is 2.19 bits per heavy atom. The summed E-state index contributed by atoms with van der Waals surface area (Å²) in [6.07, 6.45) is 5.12. The van der Waals surface area contributed by atoms with Crippen molar-refractivity contribution in [2.75, 3.05) is 18.9 Å². The minimum Gasteiger partial charge on any atom is -0.396 e. The van der Waals surface area contributed by atoms with Crippen LogP contribution in [0.15, 0.2) is 6.20 Å². The van der Waals surface area contributed by atoms with Gasteiger partial charge in [-0.2, -0.15) is 5.10 Å². The molecule has 0 radical (unpaired) electrons. The van der Waals surface area contributed by atoms with Gasteiger partial charge in [0.2, 0.25) is 0 Å². The summed E-state index contributed by atoms with van der Waals surface area (Å²) in [5.41, 5.74) is 6.20. The number of nitrogens with zero attached hydrogens (tertiary/aromatic N) is 1. The monoisotopic (exact) mass is 226 g/mol. The molecule has 5 N–H and O–H groups in total. The molecule has 0 aliphatic rings. The van der Waals surface area contributed by atoms with E-state index in [4.69, 9.17) is 10.8 Å². The summed E-state index contributed by atoms with van der Waals surface area (Å²) in [5, 5.41) is 17.5. The van der Waals surface area contributed by atoms with Crippen molar-refractivity contribution in [3.05, 3.63) is 11.9 Å². The Hall–Kier alpha value is -1.56. The topological polar surface area (TPSA) is 104 Å². The highest BCUT2D eigenvalue weighted by molar-refractivity contribution is 5.96. The maximum atomic E-state index is 11.5. The van der Waals surface area contributed by atoms with Gasteiger partial charge in [-0.3, -0.25) is 9.89 Å². The number of hydrogen-bond acceptors (Lipinski definition) is 4. The zero-order valence-corrected chi connectivity index (χ0v) is 9.20. The second-order valence-corrected chi connectivity index (χ2v) is 3.59. The van der Waals surface area contributed by atoms with Gasteiger partial charge in [0, 0.05) is 13.2 Å². The number of aromatic nitrogens is 2. The zero-order chi connectivity index (χ0) is 11.8. The summed E-state index contributed by atoms with van der Waals surface area (Å²) in [6, 6.07) is 0. The highest BCUT2D eigenvalue weighted by Gasteiger charge is 2.10. The fourth-order valence-electron chi connectivity index (χ4n) is 1.36. The van der Waals surface area contributed by atoms with Gasteiger partial charge in [0.25, 0.3) is 5.91 Å². The molecule has 1 heterocycles. The van der Waals surface area contributed by atoms with Gasteiger partial charge in [0.05, 0.1) is 11.9 Å². The Kier molecular flexibility index (Phi) is 5.35. The van der Waals surface area contributed by atoms with Crippen molar-refractivity contribution < 1.29 is 9.90 Å². The van der Waals surface area contributed by atoms with Crippen LogP contribution in [0.3, 0.4) is 0 Å². The number of hydrogen-bond donors (Lipinski definition) is 4. The van der Waals surface area contributed by atoms with Gasteiger partial charge in [-0.25, -0.2) is 0 Å². The number of aliphatic hydroxyl groups is 1. The van der Waals surface area contributed by atoms with Gasteiger partial charge < -0.3 is 16.2 Å². The van der Waals surface area contributed by atoms with Crippen LogP contribution in [0.1, 0.15) is 36.2 Å². The summed E-state index contributed by atoms with van der Waals surface area (Å²) in [6.45, 7) is 0.847. The van der Waals surface area contributed by atoms with Crippen molar-refractivity contribution >= 4 is 11.6 Å². The average molecular weight is 226 g/mol. The molecule has 90 valence electrons. The lowest BCUT2D eigenvalue weighted by Gasteiger charge is -2.03. The fourth-order valence-corrected chi connectivity index (χ4v) is 1.36. The number of nitrogens with one attached hydrogen (secondary N) is 2. The molecular weight excluding hydrogens is 208 g/mol. The van der Waals surface area contributed by atoms with Crippen molar-refractivity contribution in [1.82, 2.24) is 15.5 Å². The van der Waals surface area contributed by atoms with Gasteiger partial charge in [0.1, 0.15) is 5.69 Å². The third-order valence-electron chi connectivity index (χ3n) is 2.27. The first-order valence-electron chi connectivity index (χ1n) is 5.43. The van der Waals surface area contributed by atoms with E-state index in [0.717, 1.165) is 25.7 Å². The molecule has 0 aromatic carbocycles. The predicted molar refractivity (Wildman–Crippen MR) is 60.9 cm³/mol. The number of anilines is 1. The van der Waals surface area contributed by atoms with Crippen molar-refractivity contribution in [3.63, 3.8) is 0 Å². The van der Waals surface area contributed by atoms with E-state index in [-0.39, 0.29) is 12.5 Å². The van der Waals surface area contributed by atoms with Gasteiger partial charge >= 0.3 is 0 Å². The maximum Gasteiger partial charge on any atom is 0.271 e. The molecule has 0 fully saturated rings. The van der Waals surface area contributed by atoms with Crippen molar-refractivity contribution in [2.45, 2.75) is 25.7 Å². The molecule has 1 aromatic rings. The lowest BCUT2D eigenvalue weighted by molar-refractivity contribution is 0.0948. The first-order chi connectivity index (χ1) is 7.75. The number of unbranched alkanes of at least 4 members (excludes halogenated alkanes) is 3. The Morgan fingerprint density at radius 3 is 2.81 bits per heavy atom. The summed E-state index contributed by atoms with van der Waals surface area (Å²) in [4.78, 5) is 11.5. The number of rotatable bonds is 7. The molecular formula is C10H18N4O2. The molecule has 0 atom stereocenters. The average Bonchev–Trinajstić information content (AvgIpc) is 2.69. The van der Waals surface area contributed by atoms with E-state index >= 15 is 0 Å². The minimum atomic E-state index is -0.225. The first-order valence-corrected chi connectivity index (χ1v) is 5.43. The van der Waals surface area contributed by atoms with Crippen LogP contribution in [0, 0.1) is 0 Å². The Labute approximate surface area is 94.2 Å². The molecule has 0 saturated carbocycles. The molecule has 0 aliphatic heterocycles. The standard InChI is InChI=1S/C10H18N4O2/c11-8-7-13-14-9(8)10(16)12-5-3-1-2-4-6-15/h7,15H,1-6,11H2,(H,12,16)(H,13,14). The van der Waals surface area contributed by atoms with E-state index in [9.17, 15) is 4.79 Å². The number of carbonyl (C=O) groups excluding carboxylic acids is 1. The maximum absolute atomic E-state index is 11.5. The van der Waals surface area contributed by atoms with Crippen LogP contribution in [0.2, 0.25) is 0 Å². The molecule has 1 rings (SSSR count).